The largest absolute Gasteiger partial charge is 0.488 e. The maximum absolute atomic E-state index is 12.7. The second-order valence-electron chi connectivity index (χ2n) is 3.79. The molecule has 2 nitrogen and oxygen atoms in total. The minimum absolute atomic E-state index is 0.0273. The third kappa shape index (κ3) is 3.70. The van der Waals surface area contributed by atoms with Crippen molar-refractivity contribution in [3.8, 4) is 5.75 Å². The highest BCUT2D eigenvalue weighted by Gasteiger charge is 2.33. The molecule has 1 heterocycles. The summed E-state index contributed by atoms with van der Waals surface area (Å²) in [6.45, 7) is 0.0273. The second kappa shape index (κ2) is 5.61. The third-order valence-corrected chi connectivity index (χ3v) is 2.78. The molecule has 0 N–H and O–H groups in total. The number of hydrogen-bond donors (Lipinski definition) is 0. The fraction of sp³-hybridized carbons (Fsp3) is 0.154. The summed E-state index contributed by atoms with van der Waals surface area (Å²) >= 11 is 3.24. The van der Waals surface area contributed by atoms with Crippen LogP contribution in [-0.4, -0.2) is 4.98 Å². The molecular weight excluding hydrogens is 323 g/mol. The molecule has 0 aliphatic heterocycles. The van der Waals surface area contributed by atoms with Gasteiger partial charge in [0.15, 0.2) is 0 Å². The van der Waals surface area contributed by atoms with Crippen LogP contribution < -0.4 is 4.74 Å². The number of para-hydroxylation sites is 1. The van der Waals surface area contributed by atoms with Crippen molar-refractivity contribution in [3.63, 3.8) is 0 Å². The number of benzene rings is 1. The van der Waals surface area contributed by atoms with Gasteiger partial charge in [0.25, 0.3) is 0 Å². The molecule has 0 aliphatic carbocycles. The average Bonchev–Trinajstić information content (AvgIpc) is 2.36. The summed E-state index contributed by atoms with van der Waals surface area (Å²) in [6, 6.07) is 6.87. The van der Waals surface area contributed by atoms with Crippen molar-refractivity contribution in [2.24, 2.45) is 0 Å². The lowest BCUT2D eigenvalue weighted by Gasteiger charge is -2.13. The second-order valence-corrected chi connectivity index (χ2v) is 4.71. The smallest absolute Gasteiger partial charge is 0.419 e. The zero-order valence-electron chi connectivity index (χ0n) is 9.62. The highest BCUT2D eigenvalue weighted by atomic mass is 79.9. The summed E-state index contributed by atoms with van der Waals surface area (Å²) in [5.74, 6) is -0.185. The number of hydrogen-bond acceptors (Lipinski definition) is 2. The van der Waals surface area contributed by atoms with Gasteiger partial charge >= 0.3 is 6.18 Å². The highest BCUT2D eigenvalue weighted by Crippen LogP contribution is 2.36. The van der Waals surface area contributed by atoms with Crippen molar-refractivity contribution in [1.82, 2.24) is 4.98 Å². The maximum atomic E-state index is 12.7. The quantitative estimate of drug-likeness (QED) is 0.829. The number of rotatable bonds is 3. The van der Waals surface area contributed by atoms with Crippen LogP contribution in [-0.2, 0) is 12.8 Å². The Balaban J connectivity index is 2.16. The fourth-order valence-corrected chi connectivity index (χ4v) is 1.93. The first-order chi connectivity index (χ1) is 8.97. The number of pyridine rings is 1. The van der Waals surface area contributed by atoms with E-state index >= 15 is 0 Å². The van der Waals surface area contributed by atoms with Crippen molar-refractivity contribution in [2.75, 3.05) is 0 Å². The van der Waals surface area contributed by atoms with Gasteiger partial charge < -0.3 is 4.74 Å². The summed E-state index contributed by atoms with van der Waals surface area (Å²) in [4.78, 5) is 3.92. The molecule has 6 heteroatoms. The van der Waals surface area contributed by atoms with Crippen molar-refractivity contribution in [3.05, 3.63) is 58.3 Å². The first kappa shape index (κ1) is 13.9. The van der Waals surface area contributed by atoms with E-state index in [-0.39, 0.29) is 12.4 Å². The van der Waals surface area contributed by atoms with E-state index < -0.39 is 11.7 Å². The van der Waals surface area contributed by atoms with Crippen LogP contribution in [0.1, 0.15) is 11.1 Å². The molecule has 1 aromatic carbocycles. The Morgan fingerprint density at radius 3 is 2.58 bits per heavy atom. The maximum Gasteiger partial charge on any atom is 0.419 e. The third-order valence-electron chi connectivity index (χ3n) is 2.35. The van der Waals surface area contributed by atoms with E-state index in [1.807, 2.05) is 0 Å². The monoisotopic (exact) mass is 331 g/mol. The van der Waals surface area contributed by atoms with Gasteiger partial charge in [0.1, 0.15) is 12.4 Å². The van der Waals surface area contributed by atoms with Crippen molar-refractivity contribution in [1.29, 1.82) is 0 Å². The Labute approximate surface area is 116 Å². The van der Waals surface area contributed by atoms with Crippen LogP contribution in [0.25, 0.3) is 0 Å². The molecule has 0 aliphatic rings. The summed E-state index contributed by atoms with van der Waals surface area (Å²) in [7, 11) is 0. The zero-order valence-corrected chi connectivity index (χ0v) is 11.2. The lowest BCUT2D eigenvalue weighted by molar-refractivity contribution is -0.139. The molecule has 0 unspecified atom stereocenters. The number of nitrogens with zero attached hydrogens (tertiary/aromatic N) is 1. The standard InChI is InChI=1S/C13H9BrF3NO/c14-10-5-9(6-18-7-10)8-19-12-4-2-1-3-11(12)13(15,16)17/h1-7H,8H2. The van der Waals surface area contributed by atoms with E-state index in [4.69, 9.17) is 4.74 Å². The van der Waals surface area contributed by atoms with E-state index in [1.54, 1.807) is 18.5 Å². The molecular formula is C13H9BrF3NO. The van der Waals surface area contributed by atoms with Gasteiger partial charge in [-0.3, -0.25) is 4.98 Å². The van der Waals surface area contributed by atoms with Crippen LogP contribution in [0, 0.1) is 0 Å². The Bertz CT molecular complexity index is 572. The topological polar surface area (TPSA) is 22.1 Å². The van der Waals surface area contributed by atoms with Gasteiger partial charge in [0, 0.05) is 22.4 Å². The molecule has 1 aromatic heterocycles. The molecule has 0 fully saturated rings. The van der Waals surface area contributed by atoms with Crippen LogP contribution in [0.3, 0.4) is 0 Å². The minimum Gasteiger partial charge on any atom is -0.488 e. The Morgan fingerprint density at radius 2 is 1.89 bits per heavy atom. The summed E-state index contributed by atoms with van der Waals surface area (Å²) < 4.78 is 44.2. The minimum atomic E-state index is -4.42. The summed E-state index contributed by atoms with van der Waals surface area (Å²) in [5.41, 5.74) is -0.0932. The van der Waals surface area contributed by atoms with E-state index in [0.717, 1.165) is 10.5 Å². The average molecular weight is 332 g/mol. The van der Waals surface area contributed by atoms with Gasteiger partial charge in [-0.1, -0.05) is 12.1 Å². The fourth-order valence-electron chi connectivity index (χ4n) is 1.52. The molecule has 100 valence electrons. The molecule has 2 rings (SSSR count). The van der Waals surface area contributed by atoms with Gasteiger partial charge in [-0.2, -0.15) is 13.2 Å². The number of aromatic nitrogens is 1. The van der Waals surface area contributed by atoms with Crippen LogP contribution in [0.4, 0.5) is 13.2 Å². The molecule has 0 saturated carbocycles. The number of halogens is 4. The molecule has 2 aromatic rings. The Kier molecular flexibility index (Phi) is 4.09. The van der Waals surface area contributed by atoms with Gasteiger partial charge in [-0.15, -0.1) is 0 Å². The van der Waals surface area contributed by atoms with Gasteiger partial charge in [-0.05, 0) is 34.1 Å². The molecule has 0 amide bonds. The molecule has 0 saturated heterocycles. The number of alkyl halides is 3. The zero-order chi connectivity index (χ0) is 13.9. The highest BCUT2D eigenvalue weighted by molar-refractivity contribution is 9.10. The summed E-state index contributed by atoms with van der Waals surface area (Å²) in [5, 5.41) is 0. The van der Waals surface area contributed by atoms with Crippen LogP contribution in [0.2, 0.25) is 0 Å². The predicted molar refractivity (Wildman–Crippen MR) is 67.7 cm³/mol. The van der Waals surface area contributed by atoms with Crippen molar-refractivity contribution < 1.29 is 17.9 Å². The lowest BCUT2D eigenvalue weighted by Crippen LogP contribution is -2.08. The normalized spacial score (nSPS) is 11.4. The van der Waals surface area contributed by atoms with Crippen molar-refractivity contribution in [2.45, 2.75) is 12.8 Å². The number of ether oxygens (including phenoxy) is 1. The van der Waals surface area contributed by atoms with Crippen LogP contribution >= 0.6 is 15.9 Å². The first-order valence-electron chi connectivity index (χ1n) is 5.35. The molecule has 0 spiro atoms. The summed E-state index contributed by atoms with van der Waals surface area (Å²) in [6.07, 6.45) is -1.29. The van der Waals surface area contributed by atoms with E-state index in [1.165, 1.54) is 18.2 Å². The van der Waals surface area contributed by atoms with Gasteiger partial charge in [-0.25, -0.2) is 0 Å². The van der Waals surface area contributed by atoms with Gasteiger partial charge in [0.05, 0.1) is 5.56 Å². The van der Waals surface area contributed by atoms with Gasteiger partial charge in [0.2, 0.25) is 0 Å². The molecule has 0 bridgehead atoms. The van der Waals surface area contributed by atoms with Crippen LogP contribution in [0.15, 0.2) is 47.2 Å². The molecule has 0 atom stereocenters. The van der Waals surface area contributed by atoms with Crippen LogP contribution in [0.5, 0.6) is 5.75 Å². The molecule has 0 radical (unpaired) electrons. The van der Waals surface area contributed by atoms with Crippen molar-refractivity contribution >= 4 is 15.9 Å². The van der Waals surface area contributed by atoms with E-state index in [2.05, 4.69) is 20.9 Å². The Morgan fingerprint density at radius 1 is 1.16 bits per heavy atom. The lowest BCUT2D eigenvalue weighted by atomic mass is 10.2. The van der Waals surface area contributed by atoms with E-state index in [0.29, 0.717) is 5.56 Å². The SMILES string of the molecule is FC(F)(F)c1ccccc1OCc1cncc(Br)c1. The van der Waals surface area contributed by atoms with E-state index in [9.17, 15) is 13.2 Å². The first-order valence-corrected chi connectivity index (χ1v) is 6.14. The Hall–Kier alpha value is -1.56. The predicted octanol–water partition coefficient (Wildman–Crippen LogP) is 4.44. The molecule has 19 heavy (non-hydrogen) atoms.